The molecular weight excluding hydrogens is 204 g/mol. The summed E-state index contributed by atoms with van der Waals surface area (Å²) in [4.78, 5) is 5.66. The van der Waals surface area contributed by atoms with E-state index in [2.05, 4.69) is 31.8 Å². The van der Waals surface area contributed by atoms with Gasteiger partial charge in [0.1, 0.15) is 0 Å². The quantitative estimate of drug-likeness (QED) is 0.728. The molecule has 2 nitrogen and oxygen atoms in total. The van der Waals surface area contributed by atoms with Crippen molar-refractivity contribution in [2.24, 2.45) is 0 Å². The highest BCUT2D eigenvalue weighted by Crippen LogP contribution is 2.35. The molecule has 0 radical (unpaired) electrons. The van der Waals surface area contributed by atoms with E-state index >= 15 is 0 Å². The molecular formula is C12H18N2S. The lowest BCUT2D eigenvalue weighted by molar-refractivity contribution is 0.584. The van der Waals surface area contributed by atoms with E-state index in [-0.39, 0.29) is 5.41 Å². The SMILES string of the molecule is Cc1nc(C(C)(C)C)sc1C(C)(C)C#N. The van der Waals surface area contributed by atoms with Crippen LogP contribution in [0.2, 0.25) is 0 Å². The van der Waals surface area contributed by atoms with E-state index in [1.54, 1.807) is 11.3 Å². The largest absolute Gasteiger partial charge is 0.246 e. The van der Waals surface area contributed by atoms with Gasteiger partial charge in [-0.3, -0.25) is 0 Å². The van der Waals surface area contributed by atoms with Crippen LogP contribution in [0.5, 0.6) is 0 Å². The van der Waals surface area contributed by atoms with Gasteiger partial charge in [0.25, 0.3) is 0 Å². The van der Waals surface area contributed by atoms with Crippen LogP contribution in [0.15, 0.2) is 0 Å². The van der Waals surface area contributed by atoms with Crippen LogP contribution in [-0.2, 0) is 10.8 Å². The molecule has 0 amide bonds. The van der Waals surface area contributed by atoms with Crippen molar-refractivity contribution in [2.75, 3.05) is 0 Å². The smallest absolute Gasteiger partial charge is 0.0985 e. The number of hydrogen-bond acceptors (Lipinski definition) is 3. The predicted octanol–water partition coefficient (Wildman–Crippen LogP) is 3.55. The van der Waals surface area contributed by atoms with Crippen LogP contribution < -0.4 is 0 Å². The maximum Gasteiger partial charge on any atom is 0.0985 e. The fraction of sp³-hybridized carbons (Fsp3) is 0.667. The van der Waals surface area contributed by atoms with Crippen molar-refractivity contribution in [2.45, 2.75) is 52.4 Å². The molecule has 1 aromatic rings. The van der Waals surface area contributed by atoms with E-state index in [9.17, 15) is 0 Å². The molecule has 0 unspecified atom stereocenters. The summed E-state index contributed by atoms with van der Waals surface area (Å²) in [6, 6.07) is 2.33. The van der Waals surface area contributed by atoms with E-state index in [1.165, 1.54) is 0 Å². The van der Waals surface area contributed by atoms with Crippen LogP contribution in [0.3, 0.4) is 0 Å². The third kappa shape index (κ3) is 2.38. The first-order valence-corrected chi connectivity index (χ1v) is 5.90. The minimum atomic E-state index is -0.425. The fourth-order valence-corrected chi connectivity index (χ4v) is 2.52. The Hall–Kier alpha value is -0.880. The molecule has 0 aliphatic rings. The summed E-state index contributed by atoms with van der Waals surface area (Å²) in [7, 11) is 0. The van der Waals surface area contributed by atoms with Gasteiger partial charge in [-0.1, -0.05) is 20.8 Å². The van der Waals surface area contributed by atoms with Gasteiger partial charge in [0, 0.05) is 10.3 Å². The summed E-state index contributed by atoms with van der Waals surface area (Å²) in [6.45, 7) is 12.3. The summed E-state index contributed by atoms with van der Waals surface area (Å²) in [5.74, 6) is 0. The van der Waals surface area contributed by atoms with Crippen molar-refractivity contribution in [3.8, 4) is 6.07 Å². The highest BCUT2D eigenvalue weighted by molar-refractivity contribution is 7.12. The molecule has 1 aromatic heterocycles. The number of nitriles is 1. The van der Waals surface area contributed by atoms with Gasteiger partial charge in [-0.25, -0.2) is 4.98 Å². The molecule has 0 aliphatic carbocycles. The molecule has 0 atom stereocenters. The Kier molecular flexibility index (Phi) is 2.93. The summed E-state index contributed by atoms with van der Waals surface area (Å²) in [5, 5.41) is 10.2. The third-order valence-corrected chi connectivity index (χ3v) is 4.19. The molecule has 82 valence electrons. The van der Waals surface area contributed by atoms with E-state index in [0.29, 0.717) is 0 Å². The number of aromatic nitrogens is 1. The van der Waals surface area contributed by atoms with Gasteiger partial charge in [-0.15, -0.1) is 11.3 Å². The zero-order chi connectivity index (χ0) is 11.9. The first-order valence-electron chi connectivity index (χ1n) is 5.08. The molecule has 0 spiro atoms. The summed E-state index contributed by atoms with van der Waals surface area (Å²) in [6.07, 6.45) is 0. The number of aryl methyl sites for hydroxylation is 1. The van der Waals surface area contributed by atoms with Gasteiger partial charge in [0.15, 0.2) is 0 Å². The Morgan fingerprint density at radius 3 is 2.07 bits per heavy atom. The van der Waals surface area contributed by atoms with Crippen molar-refractivity contribution in [1.29, 1.82) is 5.26 Å². The lowest BCUT2D eigenvalue weighted by Gasteiger charge is -2.15. The first-order chi connectivity index (χ1) is 6.68. The molecule has 0 aliphatic heterocycles. The van der Waals surface area contributed by atoms with Crippen LogP contribution in [0.1, 0.15) is 50.2 Å². The number of nitrogens with zero attached hydrogens (tertiary/aromatic N) is 2. The molecule has 0 fully saturated rings. The van der Waals surface area contributed by atoms with Crippen LogP contribution in [0, 0.1) is 18.3 Å². The molecule has 15 heavy (non-hydrogen) atoms. The minimum absolute atomic E-state index is 0.0687. The van der Waals surface area contributed by atoms with Crippen molar-refractivity contribution in [3.63, 3.8) is 0 Å². The molecule has 0 saturated carbocycles. The molecule has 0 bridgehead atoms. The van der Waals surface area contributed by atoms with E-state index < -0.39 is 5.41 Å². The molecule has 0 saturated heterocycles. The third-order valence-electron chi connectivity index (χ3n) is 2.29. The fourth-order valence-electron chi connectivity index (χ4n) is 1.35. The van der Waals surface area contributed by atoms with Gasteiger partial charge in [-0.2, -0.15) is 5.26 Å². The zero-order valence-corrected chi connectivity index (χ0v) is 11.1. The van der Waals surface area contributed by atoms with E-state index in [1.807, 2.05) is 20.8 Å². The Morgan fingerprint density at radius 2 is 1.73 bits per heavy atom. The monoisotopic (exact) mass is 222 g/mol. The average molecular weight is 222 g/mol. The molecule has 1 rings (SSSR count). The summed E-state index contributed by atoms with van der Waals surface area (Å²) < 4.78 is 0. The summed E-state index contributed by atoms with van der Waals surface area (Å²) >= 11 is 1.66. The van der Waals surface area contributed by atoms with E-state index in [4.69, 9.17) is 5.26 Å². The maximum absolute atomic E-state index is 9.11. The standard InChI is InChI=1S/C12H18N2S/c1-8-9(12(5,6)7-13)15-10(14-8)11(2,3)4/h1-6H3. The number of rotatable bonds is 1. The zero-order valence-electron chi connectivity index (χ0n) is 10.3. The molecule has 1 heterocycles. The highest BCUT2D eigenvalue weighted by Gasteiger charge is 2.28. The van der Waals surface area contributed by atoms with Gasteiger partial charge in [0.2, 0.25) is 0 Å². The lowest BCUT2D eigenvalue weighted by atomic mass is 9.92. The normalized spacial score (nSPS) is 12.6. The van der Waals surface area contributed by atoms with Crippen molar-refractivity contribution in [3.05, 3.63) is 15.6 Å². The Bertz CT molecular complexity index is 402. The number of hydrogen-bond donors (Lipinski definition) is 0. The Labute approximate surface area is 96.0 Å². The highest BCUT2D eigenvalue weighted by atomic mass is 32.1. The van der Waals surface area contributed by atoms with Crippen LogP contribution in [-0.4, -0.2) is 4.98 Å². The van der Waals surface area contributed by atoms with Gasteiger partial charge >= 0.3 is 0 Å². The van der Waals surface area contributed by atoms with Gasteiger partial charge in [0.05, 0.1) is 22.2 Å². The second-order valence-electron chi connectivity index (χ2n) is 5.42. The molecule has 0 aromatic carbocycles. The second kappa shape index (κ2) is 3.61. The van der Waals surface area contributed by atoms with Crippen LogP contribution >= 0.6 is 11.3 Å². The predicted molar refractivity (Wildman–Crippen MR) is 64.2 cm³/mol. The summed E-state index contributed by atoms with van der Waals surface area (Å²) in [5.41, 5.74) is 0.640. The Morgan fingerprint density at radius 1 is 1.20 bits per heavy atom. The van der Waals surface area contributed by atoms with Gasteiger partial charge < -0.3 is 0 Å². The first kappa shape index (κ1) is 12.2. The maximum atomic E-state index is 9.11. The average Bonchev–Trinajstić information content (AvgIpc) is 2.47. The number of thiazole rings is 1. The van der Waals surface area contributed by atoms with Crippen molar-refractivity contribution >= 4 is 11.3 Å². The van der Waals surface area contributed by atoms with Crippen molar-refractivity contribution in [1.82, 2.24) is 4.98 Å². The lowest BCUT2D eigenvalue weighted by Crippen LogP contribution is -2.13. The minimum Gasteiger partial charge on any atom is -0.246 e. The van der Waals surface area contributed by atoms with Crippen LogP contribution in [0.25, 0.3) is 0 Å². The molecule has 0 N–H and O–H groups in total. The topological polar surface area (TPSA) is 36.7 Å². The van der Waals surface area contributed by atoms with Crippen molar-refractivity contribution < 1.29 is 0 Å². The van der Waals surface area contributed by atoms with Gasteiger partial charge in [-0.05, 0) is 20.8 Å². The second-order valence-corrected chi connectivity index (χ2v) is 6.42. The molecule has 3 heteroatoms. The Balaban J connectivity index is 3.26. The van der Waals surface area contributed by atoms with E-state index in [0.717, 1.165) is 15.6 Å². The van der Waals surface area contributed by atoms with Crippen LogP contribution in [0.4, 0.5) is 0 Å².